The molecule has 1 rings (SSSR count). The Morgan fingerprint density at radius 2 is 1.85 bits per heavy atom. The molecule has 0 amide bonds. The highest BCUT2D eigenvalue weighted by molar-refractivity contribution is 4.89. The third-order valence-corrected chi connectivity index (χ3v) is 3.43. The van der Waals surface area contributed by atoms with Gasteiger partial charge in [0, 0.05) is 18.1 Å². The van der Waals surface area contributed by atoms with Crippen LogP contribution in [0.25, 0.3) is 0 Å². The van der Waals surface area contributed by atoms with E-state index in [1.807, 2.05) is 0 Å². The Labute approximate surface area is 82.3 Å². The predicted octanol–water partition coefficient (Wildman–Crippen LogP) is 1.89. The molecule has 13 heavy (non-hydrogen) atoms. The lowest BCUT2D eigenvalue weighted by Gasteiger charge is -2.37. The molecule has 0 heterocycles. The van der Waals surface area contributed by atoms with Crippen molar-refractivity contribution in [1.29, 1.82) is 0 Å². The van der Waals surface area contributed by atoms with E-state index >= 15 is 0 Å². The first-order valence-electron chi connectivity index (χ1n) is 5.69. The molecule has 0 spiro atoms. The smallest absolute Gasteiger partial charge is 0.00991 e. The van der Waals surface area contributed by atoms with Gasteiger partial charge in [-0.3, -0.25) is 0 Å². The highest BCUT2D eigenvalue weighted by Gasteiger charge is 2.27. The zero-order valence-corrected chi connectivity index (χ0v) is 9.22. The van der Waals surface area contributed by atoms with E-state index in [0.29, 0.717) is 18.1 Å². The molecule has 0 saturated heterocycles. The Hall–Kier alpha value is -0.0800. The summed E-state index contributed by atoms with van der Waals surface area (Å²) in [5.74, 6) is 0.830. The Morgan fingerprint density at radius 3 is 2.23 bits per heavy atom. The van der Waals surface area contributed by atoms with Crippen molar-refractivity contribution in [1.82, 2.24) is 5.32 Å². The van der Waals surface area contributed by atoms with Gasteiger partial charge in [-0.2, -0.15) is 0 Å². The molecule has 0 aliphatic heterocycles. The highest BCUT2D eigenvalue weighted by atomic mass is 15.0. The van der Waals surface area contributed by atoms with Crippen LogP contribution in [-0.2, 0) is 0 Å². The maximum absolute atomic E-state index is 5.75. The van der Waals surface area contributed by atoms with Crippen molar-refractivity contribution in [2.24, 2.45) is 11.7 Å². The second-order valence-electron chi connectivity index (χ2n) is 4.46. The molecular weight excluding hydrogens is 160 g/mol. The second-order valence-corrected chi connectivity index (χ2v) is 4.46. The molecule has 1 aliphatic rings. The highest BCUT2D eigenvalue weighted by Crippen LogP contribution is 2.21. The third kappa shape index (κ3) is 2.96. The van der Waals surface area contributed by atoms with Crippen LogP contribution >= 0.6 is 0 Å². The van der Waals surface area contributed by atoms with E-state index < -0.39 is 0 Å². The van der Waals surface area contributed by atoms with Gasteiger partial charge in [-0.25, -0.2) is 0 Å². The summed E-state index contributed by atoms with van der Waals surface area (Å²) in [6.45, 7) is 6.86. The fourth-order valence-electron chi connectivity index (χ4n) is 2.30. The molecule has 2 nitrogen and oxygen atoms in total. The number of hydrogen-bond donors (Lipinski definition) is 2. The molecule has 0 aromatic carbocycles. The average Bonchev–Trinajstić information content (AvgIpc) is 2.04. The van der Waals surface area contributed by atoms with Crippen molar-refractivity contribution < 1.29 is 0 Å². The topological polar surface area (TPSA) is 38.0 Å². The molecular formula is C11H24N2. The summed E-state index contributed by atoms with van der Waals surface area (Å²) in [6.07, 6.45) is 4.90. The standard InChI is InChI=1S/C11H24N2/c1-4-9(5-2)8(3)13-11-6-10(12)7-11/h8-11,13H,4-7,12H2,1-3H3. The fraction of sp³-hybridized carbons (Fsp3) is 1.00. The SMILES string of the molecule is CCC(CC)C(C)NC1CC(N)C1. The van der Waals surface area contributed by atoms with Crippen molar-refractivity contribution >= 4 is 0 Å². The van der Waals surface area contributed by atoms with Gasteiger partial charge in [0.2, 0.25) is 0 Å². The summed E-state index contributed by atoms with van der Waals surface area (Å²) in [5, 5.41) is 3.67. The van der Waals surface area contributed by atoms with Gasteiger partial charge < -0.3 is 11.1 Å². The fourth-order valence-corrected chi connectivity index (χ4v) is 2.30. The van der Waals surface area contributed by atoms with E-state index in [9.17, 15) is 0 Å². The molecule has 1 unspecified atom stereocenters. The minimum atomic E-state index is 0.464. The van der Waals surface area contributed by atoms with Crippen LogP contribution in [0.4, 0.5) is 0 Å². The summed E-state index contributed by atoms with van der Waals surface area (Å²) >= 11 is 0. The summed E-state index contributed by atoms with van der Waals surface area (Å²) in [7, 11) is 0. The normalized spacial score (nSPS) is 30.2. The minimum absolute atomic E-state index is 0.464. The minimum Gasteiger partial charge on any atom is -0.328 e. The maximum atomic E-state index is 5.75. The van der Waals surface area contributed by atoms with Gasteiger partial charge in [0.25, 0.3) is 0 Å². The zero-order valence-electron chi connectivity index (χ0n) is 9.22. The molecule has 3 N–H and O–H groups in total. The second kappa shape index (κ2) is 4.97. The summed E-state index contributed by atoms with van der Waals surface area (Å²) in [5.41, 5.74) is 5.75. The zero-order chi connectivity index (χ0) is 9.84. The van der Waals surface area contributed by atoms with Crippen LogP contribution in [-0.4, -0.2) is 18.1 Å². The van der Waals surface area contributed by atoms with Crippen LogP contribution in [0.5, 0.6) is 0 Å². The Morgan fingerprint density at radius 1 is 1.31 bits per heavy atom. The number of nitrogens with one attached hydrogen (secondary N) is 1. The lowest BCUT2D eigenvalue weighted by molar-refractivity contribution is 0.234. The van der Waals surface area contributed by atoms with E-state index in [0.717, 1.165) is 5.92 Å². The van der Waals surface area contributed by atoms with Crippen molar-refractivity contribution in [2.75, 3.05) is 0 Å². The van der Waals surface area contributed by atoms with Crippen LogP contribution in [0.15, 0.2) is 0 Å². The first-order chi connectivity index (χ1) is 6.17. The summed E-state index contributed by atoms with van der Waals surface area (Å²) in [6, 6.07) is 1.82. The van der Waals surface area contributed by atoms with E-state index in [1.165, 1.54) is 25.7 Å². The summed E-state index contributed by atoms with van der Waals surface area (Å²) < 4.78 is 0. The molecule has 1 saturated carbocycles. The van der Waals surface area contributed by atoms with Gasteiger partial charge in [0.05, 0.1) is 0 Å². The van der Waals surface area contributed by atoms with Gasteiger partial charge in [0.1, 0.15) is 0 Å². The lowest BCUT2D eigenvalue weighted by Crippen LogP contribution is -2.52. The van der Waals surface area contributed by atoms with Gasteiger partial charge in [-0.15, -0.1) is 0 Å². The van der Waals surface area contributed by atoms with Crippen LogP contribution in [0, 0.1) is 5.92 Å². The van der Waals surface area contributed by atoms with Crippen molar-refractivity contribution in [3.63, 3.8) is 0 Å². The molecule has 0 aromatic rings. The van der Waals surface area contributed by atoms with Crippen LogP contribution in [0.3, 0.4) is 0 Å². The molecule has 1 atom stereocenters. The van der Waals surface area contributed by atoms with Gasteiger partial charge in [0.15, 0.2) is 0 Å². The number of hydrogen-bond acceptors (Lipinski definition) is 2. The Kier molecular flexibility index (Phi) is 4.20. The van der Waals surface area contributed by atoms with Gasteiger partial charge >= 0.3 is 0 Å². The van der Waals surface area contributed by atoms with E-state index in [-0.39, 0.29) is 0 Å². The van der Waals surface area contributed by atoms with E-state index in [4.69, 9.17) is 5.73 Å². The summed E-state index contributed by atoms with van der Waals surface area (Å²) in [4.78, 5) is 0. The Bertz CT molecular complexity index is 137. The molecule has 1 aliphatic carbocycles. The average molecular weight is 184 g/mol. The monoisotopic (exact) mass is 184 g/mol. The predicted molar refractivity (Wildman–Crippen MR) is 57.7 cm³/mol. The quantitative estimate of drug-likeness (QED) is 0.685. The molecule has 0 radical (unpaired) electrons. The molecule has 0 aromatic heterocycles. The molecule has 0 bridgehead atoms. The first-order valence-corrected chi connectivity index (χ1v) is 5.69. The molecule has 78 valence electrons. The van der Waals surface area contributed by atoms with Crippen molar-refractivity contribution in [2.45, 2.75) is 64.6 Å². The number of nitrogens with two attached hydrogens (primary N) is 1. The first kappa shape index (κ1) is 11.0. The van der Waals surface area contributed by atoms with Crippen LogP contribution in [0.2, 0.25) is 0 Å². The van der Waals surface area contributed by atoms with Crippen molar-refractivity contribution in [3.05, 3.63) is 0 Å². The lowest BCUT2D eigenvalue weighted by atomic mass is 9.85. The maximum Gasteiger partial charge on any atom is 0.00991 e. The van der Waals surface area contributed by atoms with Crippen molar-refractivity contribution in [3.8, 4) is 0 Å². The van der Waals surface area contributed by atoms with Gasteiger partial charge in [-0.1, -0.05) is 26.7 Å². The Balaban J connectivity index is 2.19. The molecule has 2 heteroatoms. The van der Waals surface area contributed by atoms with Crippen LogP contribution in [0.1, 0.15) is 46.5 Å². The van der Waals surface area contributed by atoms with Crippen LogP contribution < -0.4 is 11.1 Å². The largest absolute Gasteiger partial charge is 0.328 e. The van der Waals surface area contributed by atoms with E-state index in [1.54, 1.807) is 0 Å². The molecule has 1 fully saturated rings. The van der Waals surface area contributed by atoms with E-state index in [2.05, 4.69) is 26.1 Å². The number of rotatable bonds is 5. The third-order valence-electron chi connectivity index (χ3n) is 3.43. The van der Waals surface area contributed by atoms with Gasteiger partial charge in [-0.05, 0) is 25.7 Å².